The monoisotopic (exact) mass is 1130 g/mol. The summed E-state index contributed by atoms with van der Waals surface area (Å²) in [6.07, 6.45) is 78.0. The zero-order chi connectivity index (χ0) is 60.1. The van der Waals surface area contributed by atoms with E-state index in [1.54, 1.807) is 0 Å². The zero-order valence-corrected chi connectivity index (χ0v) is 57.2. The van der Waals surface area contributed by atoms with Crippen molar-refractivity contribution >= 4 is 14.0 Å². The minimum atomic E-state index is 0.221. The van der Waals surface area contributed by atoms with Crippen LogP contribution in [0, 0.1) is 152 Å². The molecule has 0 N–H and O–H groups in total. The Morgan fingerprint density at radius 3 is 0.747 bits per heavy atom. The van der Waals surface area contributed by atoms with Crippen molar-refractivity contribution in [1.82, 2.24) is 0 Å². The van der Waals surface area contributed by atoms with Gasteiger partial charge < -0.3 is 0 Å². The Morgan fingerprint density at radius 1 is 0.313 bits per heavy atom. The molecule has 0 aromatic rings. The predicted octanol–water partition coefficient (Wildman–Crippen LogP) is 24.0. The second-order valence-corrected chi connectivity index (χ2v) is 33.7. The molecule has 10 rings (SSSR count). The van der Waals surface area contributed by atoms with Crippen molar-refractivity contribution < 1.29 is 0 Å². The van der Waals surface area contributed by atoms with E-state index in [1.165, 1.54) is 257 Å². The number of hydrogen-bond acceptors (Lipinski definition) is 0. The third-order valence-electron chi connectivity index (χ3n) is 26.6. The van der Waals surface area contributed by atoms with Crippen molar-refractivity contribution in [1.29, 1.82) is 0 Å². The van der Waals surface area contributed by atoms with Gasteiger partial charge in [-0.25, -0.2) is 0 Å². The molecule has 10 aliphatic carbocycles. The molecule has 10 saturated carbocycles. The van der Waals surface area contributed by atoms with Crippen molar-refractivity contribution in [2.24, 2.45) is 116 Å². The molecule has 0 saturated heterocycles. The summed E-state index contributed by atoms with van der Waals surface area (Å²) in [4.78, 5) is 0. The molecule has 10 aliphatic rings. The topological polar surface area (TPSA) is 0 Å². The summed E-state index contributed by atoms with van der Waals surface area (Å²) in [5, 5.41) is 0. The fraction of sp³-hybridized carbons (Fsp3) is 0.866. The molecule has 0 nitrogen and oxygen atoms in total. The maximum absolute atomic E-state index is 5.63. The van der Waals surface area contributed by atoms with Crippen LogP contribution in [0.5, 0.6) is 0 Å². The van der Waals surface area contributed by atoms with Gasteiger partial charge in [0.25, 0.3) is 0 Å². The number of rotatable bonds is 7. The number of terminal acetylenes is 2. The average Bonchev–Trinajstić information content (AvgIpc) is 3.66. The van der Waals surface area contributed by atoms with E-state index in [-0.39, 0.29) is 16.2 Å². The molecule has 1 heteroatoms. The summed E-state index contributed by atoms with van der Waals surface area (Å²) in [5.41, 5.74) is 1.62. The molecule has 0 aliphatic heterocycles. The van der Waals surface area contributed by atoms with Gasteiger partial charge in [-0.1, -0.05) is 143 Å². The summed E-state index contributed by atoms with van der Waals surface area (Å²) >= 11 is 0. The van der Waals surface area contributed by atoms with Gasteiger partial charge in [-0.05, 0) is 326 Å². The standard InChI is InChI=1S/C32H52.C17H30.2C16H26.CH2B/c1-25-7-11-27(12-8-25)29-15-21-31(3,22-16-29)19-5-6-20-32(4)23-17-30(18-24-32)28-13-9-26(2)10-14-28;1-4-11-17(3)12-9-16(10-13-17)15-7-5-14(2)6-8-15;2*1-4-16(3)11-9-15(10-12-16)14-7-5-13(2)6-8-14;1-2/h5,19,25-30H,7-18,21-24H2,1-4H3;4,11,14-16H,5-10,12-13H2,1-3H3;2*1,13-15H,5-12H2,2-3H3;1H2/b19-5+;11-4+;;;. The molecule has 0 spiro atoms. The van der Waals surface area contributed by atoms with Crippen molar-refractivity contribution in [3.8, 4) is 36.5 Å². The number of allylic oxidation sites excluding steroid dienone is 4. The molecular weight excluding hydrogens is 996 g/mol. The number of hydrogen-bond donors (Lipinski definition) is 0. The van der Waals surface area contributed by atoms with Crippen molar-refractivity contribution in [2.45, 2.75) is 333 Å². The Bertz CT molecular complexity index is 1940. The molecular formula is C82H136B. The Morgan fingerprint density at radius 2 is 0.518 bits per heavy atom. The molecule has 10 fully saturated rings. The van der Waals surface area contributed by atoms with E-state index in [1.807, 2.05) is 0 Å². The van der Waals surface area contributed by atoms with E-state index in [0.29, 0.717) is 10.8 Å². The van der Waals surface area contributed by atoms with Crippen LogP contribution < -0.4 is 0 Å². The molecule has 0 aromatic heterocycles. The van der Waals surface area contributed by atoms with Crippen LogP contribution in [0.1, 0.15) is 333 Å². The van der Waals surface area contributed by atoms with Crippen LogP contribution in [0.2, 0.25) is 0 Å². The summed E-state index contributed by atoms with van der Waals surface area (Å²) < 4.78 is 0. The molecule has 0 aromatic carbocycles. The first-order chi connectivity index (χ1) is 39.7. The summed E-state index contributed by atoms with van der Waals surface area (Å²) in [6.45, 7) is 29.0. The summed E-state index contributed by atoms with van der Waals surface area (Å²) in [5.74, 6) is 28.4. The first-order valence-corrected chi connectivity index (χ1v) is 36.9. The molecule has 0 atom stereocenters. The molecule has 0 unspecified atom stereocenters. The van der Waals surface area contributed by atoms with E-state index >= 15 is 0 Å². The average molecular weight is 1130 g/mol. The van der Waals surface area contributed by atoms with Crippen LogP contribution in [0.15, 0.2) is 24.3 Å². The Labute approximate surface area is 520 Å². The van der Waals surface area contributed by atoms with E-state index < -0.39 is 0 Å². The SMILES string of the molecule is C#CC1(C)CCC(C2CCC(C)CC2)CC1.C#CC1(C)CCC(C2CCC(C)CC2)CC1.C/C=C/C1(C)CCC(C2CCC(C)CC2)CC1.CC1CCC(C2CCC(C)(C#C/C=C/C3(C)CCC(C4CCC(C)CC4)CC3)CC2)CC1.[B]=C. The third-order valence-corrected chi connectivity index (χ3v) is 26.6. The third kappa shape index (κ3) is 22.6. The Kier molecular flexibility index (Phi) is 28.9. The van der Waals surface area contributed by atoms with Crippen LogP contribution in [0.25, 0.3) is 0 Å². The van der Waals surface area contributed by atoms with E-state index in [4.69, 9.17) is 12.8 Å². The van der Waals surface area contributed by atoms with E-state index in [9.17, 15) is 0 Å². The van der Waals surface area contributed by atoms with Crippen molar-refractivity contribution in [3.05, 3.63) is 24.3 Å². The van der Waals surface area contributed by atoms with Gasteiger partial charge in [0.15, 0.2) is 0 Å². The van der Waals surface area contributed by atoms with Crippen LogP contribution in [0.4, 0.5) is 0 Å². The molecule has 0 heterocycles. The van der Waals surface area contributed by atoms with Gasteiger partial charge in [-0.15, -0.1) is 24.7 Å². The fourth-order valence-electron chi connectivity index (χ4n) is 19.2. The van der Waals surface area contributed by atoms with Gasteiger partial charge in [0.2, 0.25) is 0 Å². The molecule has 0 amide bonds. The molecule has 83 heavy (non-hydrogen) atoms. The van der Waals surface area contributed by atoms with Crippen LogP contribution >= 0.6 is 0 Å². The van der Waals surface area contributed by atoms with Crippen LogP contribution in [-0.2, 0) is 0 Å². The normalized spacial score (nSPS) is 44.1. The Balaban J connectivity index is 0.000000186. The van der Waals surface area contributed by atoms with Crippen molar-refractivity contribution in [3.63, 3.8) is 0 Å². The van der Waals surface area contributed by atoms with Gasteiger partial charge >= 0.3 is 14.0 Å². The van der Waals surface area contributed by atoms with Crippen LogP contribution in [-0.4, -0.2) is 14.0 Å². The fourth-order valence-corrected chi connectivity index (χ4v) is 19.2. The Hall–Kier alpha value is -1.91. The molecule has 0 bridgehead atoms. The molecule has 1 radical (unpaired) electrons. The van der Waals surface area contributed by atoms with Gasteiger partial charge in [-0.2, -0.15) is 0 Å². The zero-order valence-electron chi connectivity index (χ0n) is 57.2. The summed E-state index contributed by atoms with van der Waals surface area (Å²) in [6, 6.07) is 0. The first kappa shape index (κ1) is 70.2. The van der Waals surface area contributed by atoms with Gasteiger partial charge in [-0.3, -0.25) is 0 Å². The second kappa shape index (κ2) is 34.2. The second-order valence-electron chi connectivity index (χ2n) is 33.7. The van der Waals surface area contributed by atoms with Gasteiger partial charge in [0.1, 0.15) is 0 Å². The van der Waals surface area contributed by atoms with Crippen molar-refractivity contribution in [2.75, 3.05) is 0 Å². The van der Waals surface area contributed by atoms with Crippen LogP contribution in [0.3, 0.4) is 0 Å². The summed E-state index contributed by atoms with van der Waals surface area (Å²) in [7, 11) is 4.25. The first-order valence-electron chi connectivity index (χ1n) is 36.9. The quantitative estimate of drug-likeness (QED) is 0.135. The predicted molar refractivity (Wildman–Crippen MR) is 368 cm³/mol. The minimum absolute atomic E-state index is 0.221. The maximum atomic E-state index is 5.63. The van der Waals surface area contributed by atoms with E-state index in [0.717, 1.165) is 88.8 Å². The van der Waals surface area contributed by atoms with Gasteiger partial charge in [0.05, 0.1) is 0 Å². The van der Waals surface area contributed by atoms with E-state index in [2.05, 4.69) is 138 Å². The molecule has 467 valence electrons. The van der Waals surface area contributed by atoms with Gasteiger partial charge in [0, 0.05) is 16.2 Å².